The van der Waals surface area contributed by atoms with Gasteiger partial charge in [0.05, 0.1) is 34.9 Å². The second-order valence-corrected chi connectivity index (χ2v) is 13.5. The first kappa shape index (κ1) is 30.1. The largest absolute Gasteiger partial charge is 0.458 e. The molecule has 4 saturated carbocycles. The summed E-state index contributed by atoms with van der Waals surface area (Å²) in [6, 6.07) is 0. The fourth-order valence-electron chi connectivity index (χ4n) is 9.98. The molecule has 40 heavy (non-hydrogen) atoms. The summed E-state index contributed by atoms with van der Waals surface area (Å²) in [5, 5.41) is 34.8. The Kier molecular flexibility index (Phi) is 7.82. The van der Waals surface area contributed by atoms with Crippen LogP contribution >= 0.6 is 0 Å². The van der Waals surface area contributed by atoms with E-state index >= 15 is 0 Å². The molecule has 4 aliphatic carbocycles. The van der Waals surface area contributed by atoms with Crippen molar-refractivity contribution < 1.29 is 49.3 Å². The van der Waals surface area contributed by atoms with Crippen molar-refractivity contribution in [3.63, 3.8) is 0 Å². The third-order valence-corrected chi connectivity index (χ3v) is 12.1. The number of carbonyl (C=O) groups is 2. The molecule has 0 amide bonds. The molecule has 0 radical (unpaired) electrons. The van der Waals surface area contributed by atoms with Crippen LogP contribution in [-0.4, -0.2) is 88.7 Å². The average Bonchev–Trinajstić information content (AvgIpc) is 3.45. The molecule has 2 aliphatic heterocycles. The predicted octanol–water partition coefficient (Wildman–Crippen LogP) is 1.61. The fourth-order valence-corrected chi connectivity index (χ4v) is 9.98. The summed E-state index contributed by atoms with van der Waals surface area (Å²) in [7, 11) is 1.57. The Labute approximate surface area is 235 Å². The second-order valence-electron chi connectivity index (χ2n) is 13.5. The van der Waals surface area contributed by atoms with Crippen LogP contribution in [0.4, 0.5) is 0 Å². The van der Waals surface area contributed by atoms with Crippen molar-refractivity contribution in [2.75, 3.05) is 13.7 Å². The van der Waals surface area contributed by atoms with E-state index in [0.29, 0.717) is 51.6 Å². The Morgan fingerprint density at radius 2 is 1.82 bits per heavy atom. The predicted molar refractivity (Wildman–Crippen MR) is 142 cm³/mol. The molecule has 10 nitrogen and oxygen atoms in total. The maximum atomic E-state index is 13.0. The molecule has 0 aromatic rings. The molecule has 0 aromatic heterocycles. The van der Waals surface area contributed by atoms with Gasteiger partial charge in [-0.3, -0.25) is 0 Å². The normalized spacial score (nSPS) is 52.0. The van der Waals surface area contributed by atoms with Gasteiger partial charge >= 0.3 is 5.97 Å². The number of hydrogen-bond acceptors (Lipinski definition) is 9. The summed E-state index contributed by atoms with van der Waals surface area (Å²) >= 11 is 0. The Morgan fingerprint density at radius 1 is 1.07 bits per heavy atom. The molecular weight excluding hydrogens is 520 g/mol. The molecule has 226 valence electrons. The number of aldehydes is 1. The third-order valence-electron chi connectivity index (χ3n) is 12.1. The van der Waals surface area contributed by atoms with Crippen LogP contribution in [0.1, 0.15) is 78.1 Å². The van der Waals surface area contributed by atoms with E-state index in [4.69, 9.17) is 18.9 Å². The van der Waals surface area contributed by atoms with E-state index in [9.17, 15) is 24.9 Å². The number of aliphatic hydroxyl groups is 3. The maximum Gasteiger partial charge on any atom is 0.331 e. The average molecular weight is 567 g/mol. The Balaban J connectivity index is 0.00000323. The van der Waals surface area contributed by atoms with Gasteiger partial charge in [0.1, 0.15) is 19.0 Å². The van der Waals surface area contributed by atoms with Crippen molar-refractivity contribution in [3.8, 4) is 0 Å². The van der Waals surface area contributed by atoms with Crippen LogP contribution in [0.2, 0.25) is 0 Å². The summed E-state index contributed by atoms with van der Waals surface area (Å²) in [5.74, 6) is -0.420. The van der Waals surface area contributed by atoms with Crippen LogP contribution in [0.3, 0.4) is 0 Å². The summed E-state index contributed by atoms with van der Waals surface area (Å²) in [6.07, 6.45) is 6.10. The van der Waals surface area contributed by atoms with Crippen LogP contribution in [0.5, 0.6) is 0 Å². The zero-order valence-corrected chi connectivity index (χ0v) is 23.8. The molecule has 0 bridgehead atoms. The lowest BCUT2D eigenvalue weighted by atomic mass is 9.41. The zero-order chi connectivity index (χ0) is 27.8. The number of esters is 1. The number of carbonyl (C=O) groups excluding carboxylic acids is 2. The van der Waals surface area contributed by atoms with Gasteiger partial charge in [0.25, 0.3) is 0 Å². The fraction of sp³-hybridized carbons (Fsp3) is 0.867. The molecule has 6 unspecified atom stereocenters. The SMILES string of the molecule is CO[C@H]1C[C@H](OC2CC[C@]3(C=O)C4CC[C@]5(C)C(C6=CC(=O)OC6)CCC5(O)C4CCC3(O)C2)O[C@H](C)[C@H]1O.O. The summed E-state index contributed by atoms with van der Waals surface area (Å²) in [4.78, 5) is 24.8. The number of ether oxygens (including phenoxy) is 4. The number of cyclic esters (lactones) is 1. The summed E-state index contributed by atoms with van der Waals surface area (Å²) in [6.45, 7) is 4.25. The van der Waals surface area contributed by atoms with Crippen molar-refractivity contribution in [1.82, 2.24) is 0 Å². The van der Waals surface area contributed by atoms with Gasteiger partial charge in [0.15, 0.2) is 6.29 Å². The van der Waals surface area contributed by atoms with Crippen LogP contribution in [0.25, 0.3) is 0 Å². The molecule has 0 aromatic carbocycles. The van der Waals surface area contributed by atoms with Gasteiger partial charge in [0.2, 0.25) is 0 Å². The number of fused-ring (bicyclic) bond motifs is 5. The highest BCUT2D eigenvalue weighted by molar-refractivity contribution is 5.85. The topological polar surface area (TPSA) is 163 Å². The Hall–Kier alpha value is -1.40. The highest BCUT2D eigenvalue weighted by atomic mass is 16.7. The van der Waals surface area contributed by atoms with Crippen LogP contribution < -0.4 is 0 Å². The first-order valence-electron chi connectivity index (χ1n) is 14.8. The molecule has 6 aliphatic rings. The van der Waals surface area contributed by atoms with E-state index in [-0.39, 0.29) is 41.4 Å². The van der Waals surface area contributed by atoms with Crippen molar-refractivity contribution in [1.29, 1.82) is 0 Å². The number of methoxy groups -OCH3 is 1. The molecule has 0 spiro atoms. The van der Waals surface area contributed by atoms with E-state index in [1.807, 2.05) is 0 Å². The number of hydrogen-bond donors (Lipinski definition) is 3. The lowest BCUT2D eigenvalue weighted by Crippen LogP contribution is -2.69. The van der Waals surface area contributed by atoms with Crippen LogP contribution in [0, 0.1) is 28.6 Å². The number of aliphatic hydroxyl groups excluding tert-OH is 1. The molecule has 2 heterocycles. The van der Waals surface area contributed by atoms with E-state index in [1.165, 1.54) is 0 Å². The highest BCUT2D eigenvalue weighted by Crippen LogP contribution is 2.70. The Bertz CT molecular complexity index is 1030. The first-order valence-corrected chi connectivity index (χ1v) is 14.8. The molecule has 6 rings (SSSR count). The molecule has 10 heteroatoms. The van der Waals surface area contributed by atoms with Crippen LogP contribution in [0.15, 0.2) is 11.6 Å². The quantitative estimate of drug-likeness (QED) is 0.255. The maximum absolute atomic E-state index is 13.0. The van der Waals surface area contributed by atoms with E-state index < -0.39 is 40.5 Å². The second kappa shape index (κ2) is 10.4. The zero-order valence-electron chi connectivity index (χ0n) is 23.8. The minimum atomic E-state index is -1.21. The van der Waals surface area contributed by atoms with Crippen molar-refractivity contribution in [3.05, 3.63) is 11.6 Å². The highest BCUT2D eigenvalue weighted by Gasteiger charge is 2.71. The minimum Gasteiger partial charge on any atom is -0.458 e. The van der Waals surface area contributed by atoms with Gasteiger partial charge in [-0.05, 0) is 81.6 Å². The van der Waals surface area contributed by atoms with Gasteiger partial charge in [-0.25, -0.2) is 4.79 Å². The van der Waals surface area contributed by atoms with E-state index in [1.54, 1.807) is 20.1 Å². The molecule has 1 saturated heterocycles. The summed E-state index contributed by atoms with van der Waals surface area (Å²) < 4.78 is 22.9. The molecule has 12 atom stereocenters. The summed E-state index contributed by atoms with van der Waals surface area (Å²) in [5.41, 5.74) is -2.52. The minimum absolute atomic E-state index is 0. The monoisotopic (exact) mass is 566 g/mol. The standard InChI is InChI=1S/C30H44O9.H2O/c1-17-26(33)23(36-3)13-25(38-17)39-19-4-9-28(16-31)21-5-8-27(2)20(18-12-24(32)37-15-18)7-11-30(27,35)22(21)6-10-29(28,34)14-19;/h12,16-17,19-23,25-26,33-35H,4-11,13-15H2,1-3H3;1H2/t17-,19?,20?,21?,22?,23+,25+,26-,27-,28+,29?,30?;/m1./s1. The van der Waals surface area contributed by atoms with Gasteiger partial charge in [-0.1, -0.05) is 6.92 Å². The smallest absolute Gasteiger partial charge is 0.331 e. The molecule has 5 N–H and O–H groups in total. The Morgan fingerprint density at radius 3 is 2.50 bits per heavy atom. The van der Waals surface area contributed by atoms with Gasteiger partial charge in [-0.2, -0.15) is 0 Å². The van der Waals surface area contributed by atoms with E-state index in [0.717, 1.165) is 31.1 Å². The van der Waals surface area contributed by atoms with Crippen molar-refractivity contribution in [2.24, 2.45) is 28.6 Å². The van der Waals surface area contributed by atoms with Crippen molar-refractivity contribution >= 4 is 12.3 Å². The van der Waals surface area contributed by atoms with Gasteiger partial charge in [0, 0.05) is 31.4 Å². The first-order chi connectivity index (χ1) is 18.5. The van der Waals surface area contributed by atoms with Crippen LogP contribution in [-0.2, 0) is 28.5 Å². The molecule has 5 fully saturated rings. The number of rotatable bonds is 5. The van der Waals surface area contributed by atoms with Crippen molar-refractivity contribution in [2.45, 2.75) is 120 Å². The van der Waals surface area contributed by atoms with Gasteiger partial charge in [-0.15, -0.1) is 0 Å². The third kappa shape index (κ3) is 4.16. The lowest BCUT2D eigenvalue weighted by Gasteiger charge is -2.65. The van der Waals surface area contributed by atoms with E-state index in [2.05, 4.69) is 6.92 Å². The van der Waals surface area contributed by atoms with Gasteiger partial charge < -0.3 is 44.5 Å². The lowest BCUT2D eigenvalue weighted by molar-refractivity contribution is -0.287. The molecular formula is C30H46O10.